The molecule has 0 aliphatic carbocycles. The molecule has 5 nitrogen and oxygen atoms in total. The maximum Gasteiger partial charge on any atom is 0.239 e. The molecule has 1 atom stereocenters. The normalized spacial score (nSPS) is 19.2. The van der Waals surface area contributed by atoms with Crippen LogP contribution in [-0.4, -0.2) is 59.4 Å². The number of aliphatic hydroxyl groups is 2. The van der Waals surface area contributed by atoms with Crippen LogP contribution < -0.4 is 5.32 Å². The van der Waals surface area contributed by atoms with Gasteiger partial charge < -0.3 is 15.1 Å². The number of carbonyl (C=O) groups excluding carboxylic acids is 1. The van der Waals surface area contributed by atoms with E-state index in [0.717, 1.165) is 25.9 Å². The summed E-state index contributed by atoms with van der Waals surface area (Å²) in [7, 11) is 0. The molecule has 1 rings (SSSR count). The summed E-state index contributed by atoms with van der Waals surface area (Å²) in [6, 6.07) is -0.765. The molecule has 100 valence electrons. The summed E-state index contributed by atoms with van der Waals surface area (Å²) in [6.07, 6.45) is 4.53. The van der Waals surface area contributed by atoms with E-state index in [1.165, 1.54) is 12.8 Å². The molecule has 1 unspecified atom stereocenters. The fourth-order valence-electron chi connectivity index (χ4n) is 2.15. The lowest BCUT2D eigenvalue weighted by Gasteiger charge is -2.26. The fourth-order valence-corrected chi connectivity index (χ4v) is 2.15. The first kappa shape index (κ1) is 14.4. The zero-order chi connectivity index (χ0) is 12.7. The van der Waals surface area contributed by atoms with Crippen molar-refractivity contribution in [2.75, 3.05) is 26.3 Å². The Morgan fingerprint density at radius 2 is 1.71 bits per heavy atom. The Balaban J connectivity index is 2.43. The molecule has 1 heterocycles. The van der Waals surface area contributed by atoms with Gasteiger partial charge in [-0.1, -0.05) is 12.8 Å². The molecule has 1 amide bonds. The van der Waals surface area contributed by atoms with Crippen LogP contribution in [0.1, 0.15) is 32.6 Å². The summed E-state index contributed by atoms with van der Waals surface area (Å²) in [5.41, 5.74) is 0. The van der Waals surface area contributed by atoms with E-state index in [9.17, 15) is 4.79 Å². The maximum atomic E-state index is 12.1. The first-order chi connectivity index (χ1) is 8.19. The van der Waals surface area contributed by atoms with E-state index in [4.69, 9.17) is 10.2 Å². The zero-order valence-corrected chi connectivity index (χ0v) is 10.6. The van der Waals surface area contributed by atoms with Crippen LogP contribution in [0.15, 0.2) is 0 Å². The van der Waals surface area contributed by atoms with Crippen LogP contribution in [0.4, 0.5) is 0 Å². The molecule has 0 aromatic heterocycles. The standard InChI is InChI=1S/C12H24N2O3/c1-10(13-11(8-15)9-16)12(17)14-6-4-2-3-5-7-14/h10-11,13,15-16H,2-9H2,1H3. The quantitative estimate of drug-likeness (QED) is 0.622. The minimum atomic E-state index is -0.416. The number of amides is 1. The van der Waals surface area contributed by atoms with Gasteiger partial charge in [-0.2, -0.15) is 0 Å². The Kier molecular flexibility index (Phi) is 6.47. The molecule has 0 radical (unpaired) electrons. The van der Waals surface area contributed by atoms with Gasteiger partial charge in [0.15, 0.2) is 0 Å². The van der Waals surface area contributed by atoms with Gasteiger partial charge >= 0.3 is 0 Å². The summed E-state index contributed by atoms with van der Waals surface area (Å²) < 4.78 is 0. The highest BCUT2D eigenvalue weighted by Gasteiger charge is 2.22. The van der Waals surface area contributed by atoms with Crippen molar-refractivity contribution in [3.8, 4) is 0 Å². The van der Waals surface area contributed by atoms with Gasteiger partial charge in [0.2, 0.25) is 5.91 Å². The molecule has 1 aliphatic rings. The lowest BCUT2D eigenvalue weighted by atomic mass is 10.2. The van der Waals surface area contributed by atoms with Crippen LogP contribution in [0.3, 0.4) is 0 Å². The van der Waals surface area contributed by atoms with Gasteiger partial charge in [-0.3, -0.25) is 10.1 Å². The monoisotopic (exact) mass is 244 g/mol. The predicted octanol–water partition coefficient (Wildman–Crippen LogP) is -0.280. The van der Waals surface area contributed by atoms with Gasteiger partial charge in [0.05, 0.1) is 25.3 Å². The van der Waals surface area contributed by atoms with Crippen molar-refractivity contribution in [2.45, 2.75) is 44.7 Å². The van der Waals surface area contributed by atoms with E-state index < -0.39 is 6.04 Å². The third-order valence-electron chi connectivity index (χ3n) is 3.21. The Labute approximate surface area is 103 Å². The maximum absolute atomic E-state index is 12.1. The highest BCUT2D eigenvalue weighted by molar-refractivity contribution is 5.81. The second-order valence-electron chi connectivity index (χ2n) is 4.69. The summed E-state index contributed by atoms with van der Waals surface area (Å²) in [6.45, 7) is 3.12. The third-order valence-corrected chi connectivity index (χ3v) is 3.21. The smallest absolute Gasteiger partial charge is 0.239 e. The SMILES string of the molecule is CC(NC(CO)CO)C(=O)N1CCCCCC1. The topological polar surface area (TPSA) is 72.8 Å². The molecule has 0 saturated carbocycles. The Morgan fingerprint density at radius 1 is 1.18 bits per heavy atom. The second kappa shape index (κ2) is 7.63. The Bertz CT molecular complexity index is 224. The van der Waals surface area contributed by atoms with E-state index in [-0.39, 0.29) is 25.2 Å². The molecule has 0 spiro atoms. The molecule has 1 aliphatic heterocycles. The van der Waals surface area contributed by atoms with Crippen molar-refractivity contribution in [3.05, 3.63) is 0 Å². The fraction of sp³-hybridized carbons (Fsp3) is 0.917. The lowest BCUT2D eigenvalue weighted by Crippen LogP contribution is -2.50. The van der Waals surface area contributed by atoms with Gasteiger partial charge in [0, 0.05) is 13.1 Å². The average molecular weight is 244 g/mol. The number of hydrogen-bond donors (Lipinski definition) is 3. The van der Waals surface area contributed by atoms with E-state index in [1.54, 1.807) is 6.92 Å². The van der Waals surface area contributed by atoms with Gasteiger partial charge in [-0.15, -0.1) is 0 Å². The van der Waals surface area contributed by atoms with Crippen molar-refractivity contribution in [2.24, 2.45) is 0 Å². The van der Waals surface area contributed by atoms with Gasteiger partial charge in [-0.25, -0.2) is 0 Å². The largest absolute Gasteiger partial charge is 0.395 e. The first-order valence-electron chi connectivity index (χ1n) is 6.45. The molecule has 0 aromatic carbocycles. The molecular weight excluding hydrogens is 220 g/mol. The molecular formula is C12H24N2O3. The zero-order valence-electron chi connectivity index (χ0n) is 10.6. The van der Waals surface area contributed by atoms with Crippen LogP contribution in [0.2, 0.25) is 0 Å². The molecule has 1 fully saturated rings. The Morgan fingerprint density at radius 3 is 2.18 bits per heavy atom. The summed E-state index contributed by atoms with van der Waals surface area (Å²) >= 11 is 0. The molecule has 0 aromatic rings. The van der Waals surface area contributed by atoms with Gasteiger partial charge in [0.1, 0.15) is 0 Å². The summed E-state index contributed by atoms with van der Waals surface area (Å²) in [4.78, 5) is 14.0. The molecule has 3 N–H and O–H groups in total. The molecule has 5 heteroatoms. The van der Waals surface area contributed by atoms with Crippen LogP contribution in [0, 0.1) is 0 Å². The van der Waals surface area contributed by atoms with E-state index in [2.05, 4.69) is 5.32 Å². The predicted molar refractivity (Wildman–Crippen MR) is 65.6 cm³/mol. The number of likely N-dealkylation sites (tertiary alicyclic amines) is 1. The average Bonchev–Trinajstić information content (AvgIpc) is 2.63. The van der Waals surface area contributed by atoms with E-state index in [0.29, 0.717) is 0 Å². The summed E-state index contributed by atoms with van der Waals surface area (Å²) in [5.74, 6) is 0.0683. The van der Waals surface area contributed by atoms with Crippen molar-refractivity contribution < 1.29 is 15.0 Å². The number of carbonyl (C=O) groups is 1. The van der Waals surface area contributed by atoms with Crippen molar-refractivity contribution >= 4 is 5.91 Å². The van der Waals surface area contributed by atoms with Crippen LogP contribution in [0.25, 0.3) is 0 Å². The van der Waals surface area contributed by atoms with Gasteiger partial charge in [-0.05, 0) is 19.8 Å². The number of nitrogens with one attached hydrogen (secondary N) is 1. The van der Waals surface area contributed by atoms with Crippen molar-refractivity contribution in [3.63, 3.8) is 0 Å². The highest BCUT2D eigenvalue weighted by atomic mass is 16.3. The highest BCUT2D eigenvalue weighted by Crippen LogP contribution is 2.10. The minimum absolute atomic E-state index is 0.0683. The van der Waals surface area contributed by atoms with Gasteiger partial charge in [0.25, 0.3) is 0 Å². The molecule has 17 heavy (non-hydrogen) atoms. The third kappa shape index (κ3) is 4.61. The minimum Gasteiger partial charge on any atom is -0.395 e. The lowest BCUT2D eigenvalue weighted by molar-refractivity contribution is -0.133. The van der Waals surface area contributed by atoms with E-state index in [1.807, 2.05) is 4.90 Å². The first-order valence-corrected chi connectivity index (χ1v) is 6.45. The van der Waals surface area contributed by atoms with E-state index >= 15 is 0 Å². The van der Waals surface area contributed by atoms with Crippen LogP contribution in [0.5, 0.6) is 0 Å². The van der Waals surface area contributed by atoms with Crippen molar-refractivity contribution in [1.29, 1.82) is 0 Å². The number of rotatable bonds is 5. The Hall–Kier alpha value is -0.650. The molecule has 1 saturated heterocycles. The second-order valence-corrected chi connectivity index (χ2v) is 4.69. The summed E-state index contributed by atoms with van der Waals surface area (Å²) in [5, 5.41) is 20.9. The van der Waals surface area contributed by atoms with Crippen LogP contribution in [-0.2, 0) is 4.79 Å². The number of hydrogen-bond acceptors (Lipinski definition) is 4. The molecule has 0 bridgehead atoms. The number of nitrogens with zero attached hydrogens (tertiary/aromatic N) is 1. The van der Waals surface area contributed by atoms with Crippen molar-refractivity contribution in [1.82, 2.24) is 10.2 Å². The van der Waals surface area contributed by atoms with Crippen LogP contribution >= 0.6 is 0 Å². The number of aliphatic hydroxyl groups excluding tert-OH is 2.